The summed E-state index contributed by atoms with van der Waals surface area (Å²) in [5, 5.41) is 11.0. The first-order valence-corrected chi connectivity index (χ1v) is 8.05. The van der Waals surface area contributed by atoms with E-state index in [4.69, 9.17) is 0 Å². The first-order chi connectivity index (χ1) is 8.92. The van der Waals surface area contributed by atoms with Crippen molar-refractivity contribution in [2.24, 2.45) is 0 Å². The van der Waals surface area contributed by atoms with Crippen LogP contribution in [0.15, 0.2) is 45.6 Å². The van der Waals surface area contributed by atoms with Gasteiger partial charge in [-0.15, -0.1) is 21.5 Å². The second-order valence-electron chi connectivity index (χ2n) is 3.50. The molecule has 2 heterocycles. The summed E-state index contributed by atoms with van der Waals surface area (Å²) in [4.78, 5) is 4.63. The van der Waals surface area contributed by atoms with Gasteiger partial charge < -0.3 is 0 Å². The molecule has 0 saturated heterocycles. The van der Waals surface area contributed by atoms with Gasteiger partial charge in [-0.05, 0) is 0 Å². The molecule has 0 N–H and O–H groups in total. The van der Waals surface area contributed by atoms with Crippen LogP contribution in [0.5, 0.6) is 0 Å². The number of thioether (sulfide) groups is 1. The highest BCUT2D eigenvalue weighted by Gasteiger charge is 2.05. The molecular formula is C12H9N3S3. The van der Waals surface area contributed by atoms with E-state index in [0.29, 0.717) is 0 Å². The average Bonchev–Trinajstić information content (AvgIpc) is 3.09. The van der Waals surface area contributed by atoms with Gasteiger partial charge in [-0.1, -0.05) is 53.4 Å². The first-order valence-electron chi connectivity index (χ1n) is 5.30. The zero-order valence-corrected chi connectivity index (χ0v) is 11.8. The third-order valence-corrected chi connectivity index (χ3v) is 5.09. The smallest absolute Gasteiger partial charge is 0.174 e. The van der Waals surface area contributed by atoms with Gasteiger partial charge in [-0.2, -0.15) is 0 Å². The largest absolute Gasteiger partial charge is 0.240 e. The molecule has 0 aliphatic carbocycles. The van der Waals surface area contributed by atoms with Crippen LogP contribution in [0.1, 0.15) is 5.69 Å². The average molecular weight is 291 g/mol. The van der Waals surface area contributed by atoms with E-state index < -0.39 is 0 Å². The maximum Gasteiger partial charge on any atom is 0.174 e. The molecule has 2 aromatic heterocycles. The summed E-state index contributed by atoms with van der Waals surface area (Å²) < 4.78 is 0.990. The molecule has 3 aromatic rings. The maximum atomic E-state index is 4.63. The number of hydrogen-bond acceptors (Lipinski definition) is 6. The highest BCUT2D eigenvalue weighted by atomic mass is 32.2. The van der Waals surface area contributed by atoms with E-state index in [-0.39, 0.29) is 0 Å². The monoisotopic (exact) mass is 291 g/mol. The fourth-order valence-electron chi connectivity index (χ4n) is 1.45. The summed E-state index contributed by atoms with van der Waals surface area (Å²) in [7, 11) is 0. The Hall–Kier alpha value is -1.24. The molecule has 3 rings (SSSR count). The van der Waals surface area contributed by atoms with Gasteiger partial charge in [0, 0.05) is 16.7 Å². The van der Waals surface area contributed by atoms with Crippen LogP contribution in [-0.4, -0.2) is 15.2 Å². The fraction of sp³-hybridized carbons (Fsp3) is 0.0833. The van der Waals surface area contributed by atoms with Gasteiger partial charge >= 0.3 is 0 Å². The molecule has 90 valence electrons. The molecule has 0 radical (unpaired) electrons. The highest BCUT2D eigenvalue weighted by molar-refractivity contribution is 8.00. The van der Waals surface area contributed by atoms with Crippen LogP contribution in [0, 0.1) is 0 Å². The van der Waals surface area contributed by atoms with Gasteiger partial charge in [-0.3, -0.25) is 0 Å². The zero-order valence-electron chi connectivity index (χ0n) is 9.31. The Morgan fingerprint density at radius 2 is 2.00 bits per heavy atom. The Balaban J connectivity index is 1.70. The van der Waals surface area contributed by atoms with Crippen LogP contribution in [0.25, 0.3) is 10.6 Å². The van der Waals surface area contributed by atoms with Crippen LogP contribution in [0.3, 0.4) is 0 Å². The Kier molecular flexibility index (Phi) is 3.68. The van der Waals surface area contributed by atoms with E-state index in [2.05, 4.69) is 32.7 Å². The topological polar surface area (TPSA) is 38.7 Å². The van der Waals surface area contributed by atoms with Crippen molar-refractivity contribution in [3.63, 3.8) is 0 Å². The van der Waals surface area contributed by atoms with Gasteiger partial charge in [0.05, 0.1) is 5.69 Å². The van der Waals surface area contributed by atoms with E-state index in [0.717, 1.165) is 20.8 Å². The number of aromatic nitrogens is 3. The van der Waals surface area contributed by atoms with Gasteiger partial charge in [0.15, 0.2) is 4.34 Å². The summed E-state index contributed by atoms with van der Waals surface area (Å²) in [5.74, 6) is 0.846. The quantitative estimate of drug-likeness (QED) is 0.682. The predicted octanol–water partition coefficient (Wildman–Crippen LogP) is 3.95. The van der Waals surface area contributed by atoms with E-state index >= 15 is 0 Å². The molecule has 0 saturated carbocycles. The SMILES string of the molecule is c1ccc(-c2nc(CSc3nncs3)cs2)cc1. The van der Waals surface area contributed by atoms with Gasteiger partial charge in [0.2, 0.25) is 0 Å². The van der Waals surface area contributed by atoms with Crippen molar-refractivity contribution in [1.29, 1.82) is 0 Å². The van der Waals surface area contributed by atoms with E-state index in [1.807, 2.05) is 18.2 Å². The minimum Gasteiger partial charge on any atom is -0.240 e. The lowest BCUT2D eigenvalue weighted by atomic mass is 10.2. The van der Waals surface area contributed by atoms with Crippen molar-refractivity contribution in [3.05, 3.63) is 46.9 Å². The summed E-state index contributed by atoms with van der Waals surface area (Å²) in [6.07, 6.45) is 0. The van der Waals surface area contributed by atoms with E-state index in [1.54, 1.807) is 39.9 Å². The van der Waals surface area contributed by atoms with Crippen LogP contribution in [0.2, 0.25) is 0 Å². The number of hydrogen-bond donors (Lipinski definition) is 0. The van der Waals surface area contributed by atoms with E-state index in [1.165, 1.54) is 5.56 Å². The Labute approximate surface area is 117 Å². The minimum atomic E-state index is 0.846. The minimum absolute atomic E-state index is 0.846. The molecule has 0 amide bonds. The van der Waals surface area contributed by atoms with Crippen molar-refractivity contribution >= 4 is 34.4 Å². The number of rotatable bonds is 4. The number of benzene rings is 1. The van der Waals surface area contributed by atoms with Crippen LogP contribution < -0.4 is 0 Å². The Bertz CT molecular complexity index is 605. The normalized spacial score (nSPS) is 10.7. The molecule has 0 unspecified atom stereocenters. The van der Waals surface area contributed by atoms with Gasteiger partial charge in [0.25, 0.3) is 0 Å². The molecule has 18 heavy (non-hydrogen) atoms. The third-order valence-electron chi connectivity index (χ3n) is 2.26. The number of nitrogens with zero attached hydrogens (tertiary/aromatic N) is 3. The highest BCUT2D eigenvalue weighted by Crippen LogP contribution is 2.28. The van der Waals surface area contributed by atoms with Crippen molar-refractivity contribution in [1.82, 2.24) is 15.2 Å². The summed E-state index contributed by atoms with van der Waals surface area (Å²) >= 11 is 4.92. The first kappa shape index (κ1) is 11.8. The van der Waals surface area contributed by atoms with Gasteiger partial charge in [-0.25, -0.2) is 4.98 Å². The Morgan fingerprint density at radius 3 is 2.78 bits per heavy atom. The van der Waals surface area contributed by atoms with E-state index in [9.17, 15) is 0 Å². The second kappa shape index (κ2) is 5.60. The number of thiazole rings is 1. The molecule has 0 bridgehead atoms. The zero-order chi connectivity index (χ0) is 12.2. The lowest BCUT2D eigenvalue weighted by molar-refractivity contribution is 1.01. The predicted molar refractivity (Wildman–Crippen MR) is 77.0 cm³/mol. The second-order valence-corrected chi connectivity index (χ2v) is 6.42. The Morgan fingerprint density at radius 1 is 1.11 bits per heavy atom. The molecule has 0 fully saturated rings. The van der Waals surface area contributed by atoms with Gasteiger partial charge in [0.1, 0.15) is 10.5 Å². The maximum absolute atomic E-state index is 4.63. The summed E-state index contributed by atoms with van der Waals surface area (Å²) in [6, 6.07) is 10.3. The van der Waals surface area contributed by atoms with Crippen LogP contribution >= 0.6 is 34.4 Å². The molecule has 6 heteroatoms. The summed E-state index contributed by atoms with van der Waals surface area (Å²) in [6.45, 7) is 0. The molecule has 0 aliphatic rings. The van der Waals surface area contributed by atoms with Crippen molar-refractivity contribution < 1.29 is 0 Å². The molecule has 1 aromatic carbocycles. The van der Waals surface area contributed by atoms with Crippen LogP contribution in [0.4, 0.5) is 0 Å². The van der Waals surface area contributed by atoms with Crippen LogP contribution in [-0.2, 0) is 5.75 Å². The molecule has 0 atom stereocenters. The fourth-order valence-corrected chi connectivity index (χ4v) is 3.76. The van der Waals surface area contributed by atoms with Crippen molar-refractivity contribution in [3.8, 4) is 10.6 Å². The lowest BCUT2D eigenvalue weighted by Gasteiger charge is -1.94. The standard InChI is InChI=1S/C12H9N3S3/c1-2-4-9(5-3-1)11-14-10(6-16-11)7-17-12-15-13-8-18-12/h1-6,8H,7H2. The summed E-state index contributed by atoms with van der Waals surface area (Å²) in [5.41, 5.74) is 4.02. The molecular weight excluding hydrogens is 282 g/mol. The lowest BCUT2D eigenvalue weighted by Crippen LogP contribution is -1.81. The molecule has 0 spiro atoms. The van der Waals surface area contributed by atoms with Crippen molar-refractivity contribution in [2.45, 2.75) is 10.1 Å². The molecule has 3 nitrogen and oxygen atoms in total. The van der Waals surface area contributed by atoms with Crippen molar-refractivity contribution in [2.75, 3.05) is 0 Å². The third kappa shape index (κ3) is 2.77. The molecule has 0 aliphatic heterocycles.